The summed E-state index contributed by atoms with van der Waals surface area (Å²) in [5, 5.41) is 5.90. The molecule has 2 amide bonds. The highest BCUT2D eigenvalue weighted by molar-refractivity contribution is 6.01. The molecule has 166 valence electrons. The number of ether oxygens (including phenoxy) is 1. The van der Waals surface area contributed by atoms with Crippen LogP contribution in [0.4, 0.5) is 11.4 Å². The van der Waals surface area contributed by atoms with Crippen LogP contribution in [0.3, 0.4) is 0 Å². The molecule has 31 heavy (non-hydrogen) atoms. The van der Waals surface area contributed by atoms with Gasteiger partial charge in [0.1, 0.15) is 11.8 Å². The van der Waals surface area contributed by atoms with Gasteiger partial charge in [-0.05, 0) is 68.7 Å². The molecule has 1 saturated heterocycles. The number of carbonyl (C=O) groups is 2. The molecule has 0 aliphatic carbocycles. The third kappa shape index (κ3) is 6.48. The van der Waals surface area contributed by atoms with E-state index in [0.29, 0.717) is 18.6 Å². The zero-order valence-corrected chi connectivity index (χ0v) is 18.5. The second-order valence-electron chi connectivity index (χ2n) is 7.86. The van der Waals surface area contributed by atoms with Crippen LogP contribution in [0.15, 0.2) is 48.5 Å². The minimum Gasteiger partial charge on any atom is -0.494 e. The van der Waals surface area contributed by atoms with Crippen molar-refractivity contribution in [3.05, 3.63) is 54.1 Å². The van der Waals surface area contributed by atoms with Gasteiger partial charge in [0.15, 0.2) is 0 Å². The average molecular weight is 424 g/mol. The van der Waals surface area contributed by atoms with Crippen molar-refractivity contribution in [3.8, 4) is 5.75 Å². The van der Waals surface area contributed by atoms with Crippen molar-refractivity contribution in [1.29, 1.82) is 0 Å². The Labute approximate surface area is 185 Å². The fourth-order valence-electron chi connectivity index (χ4n) is 3.77. The molecule has 6 heteroatoms. The van der Waals surface area contributed by atoms with E-state index in [0.717, 1.165) is 43.1 Å². The molecular weight excluding hydrogens is 390 g/mol. The Balaban J connectivity index is 1.66. The highest BCUT2D eigenvalue weighted by Crippen LogP contribution is 2.23. The van der Waals surface area contributed by atoms with E-state index in [4.69, 9.17) is 4.74 Å². The summed E-state index contributed by atoms with van der Waals surface area (Å²) < 4.78 is 5.43. The maximum atomic E-state index is 13.0. The second-order valence-corrected chi connectivity index (χ2v) is 7.86. The molecule has 2 aromatic rings. The van der Waals surface area contributed by atoms with E-state index in [1.165, 1.54) is 12.8 Å². The smallest absolute Gasteiger partial charge is 0.251 e. The van der Waals surface area contributed by atoms with Crippen LogP contribution in [0.1, 0.15) is 56.3 Å². The van der Waals surface area contributed by atoms with Gasteiger partial charge >= 0.3 is 0 Å². The lowest BCUT2D eigenvalue weighted by Crippen LogP contribution is -2.43. The number of amides is 2. The second kappa shape index (κ2) is 11.4. The first kappa shape index (κ1) is 22.7. The Morgan fingerprint density at radius 2 is 1.81 bits per heavy atom. The van der Waals surface area contributed by atoms with E-state index in [1.54, 1.807) is 24.3 Å². The third-order valence-corrected chi connectivity index (χ3v) is 5.48. The molecular formula is C25H33N3O3. The topological polar surface area (TPSA) is 70.7 Å². The molecule has 2 aromatic carbocycles. The number of rotatable bonds is 10. The van der Waals surface area contributed by atoms with Gasteiger partial charge in [-0.1, -0.05) is 25.8 Å². The Bertz CT molecular complexity index is 861. The van der Waals surface area contributed by atoms with Gasteiger partial charge in [0.25, 0.3) is 5.91 Å². The quantitative estimate of drug-likeness (QED) is 0.585. The van der Waals surface area contributed by atoms with Crippen molar-refractivity contribution in [3.63, 3.8) is 0 Å². The van der Waals surface area contributed by atoms with Gasteiger partial charge in [-0.2, -0.15) is 0 Å². The fourth-order valence-corrected chi connectivity index (χ4v) is 3.77. The van der Waals surface area contributed by atoms with Gasteiger partial charge in [0, 0.05) is 30.0 Å². The number of carbonyl (C=O) groups excluding carboxylic acids is 2. The molecule has 0 spiro atoms. The molecule has 1 atom stereocenters. The normalized spacial score (nSPS) is 14.2. The summed E-state index contributed by atoms with van der Waals surface area (Å²) in [6, 6.07) is 14.3. The summed E-state index contributed by atoms with van der Waals surface area (Å²) in [7, 11) is 0. The molecule has 0 saturated carbocycles. The zero-order valence-electron chi connectivity index (χ0n) is 18.5. The average Bonchev–Trinajstić information content (AvgIpc) is 3.32. The molecule has 0 bridgehead atoms. The Kier molecular flexibility index (Phi) is 8.33. The van der Waals surface area contributed by atoms with Crippen LogP contribution in [0.25, 0.3) is 0 Å². The number of hydrogen-bond donors (Lipinski definition) is 2. The standard InChI is InChI=1S/C25H33N3O3/c1-3-5-11-23(27-24(29)19-12-14-22(15-13-19)31-4-2)25(30)26-20-9-8-10-21(18-20)28-16-6-7-17-28/h8-10,12-15,18,23H,3-7,11,16-17H2,1-2H3,(H,26,30)(H,27,29). The van der Waals surface area contributed by atoms with E-state index >= 15 is 0 Å². The maximum Gasteiger partial charge on any atom is 0.251 e. The molecule has 6 nitrogen and oxygen atoms in total. The lowest BCUT2D eigenvalue weighted by Gasteiger charge is -2.21. The van der Waals surface area contributed by atoms with Gasteiger partial charge in [-0.15, -0.1) is 0 Å². The number of hydrogen-bond acceptors (Lipinski definition) is 4. The molecule has 1 fully saturated rings. The van der Waals surface area contributed by atoms with Crippen LogP contribution in [-0.4, -0.2) is 37.6 Å². The SMILES string of the molecule is CCCCC(NC(=O)c1ccc(OCC)cc1)C(=O)Nc1cccc(N2CCCC2)c1. The van der Waals surface area contributed by atoms with Crippen LogP contribution in [0.2, 0.25) is 0 Å². The van der Waals surface area contributed by atoms with Gasteiger partial charge in [0.05, 0.1) is 6.61 Å². The summed E-state index contributed by atoms with van der Waals surface area (Å²) in [4.78, 5) is 28.1. The Morgan fingerprint density at radius 1 is 1.06 bits per heavy atom. The minimum absolute atomic E-state index is 0.189. The summed E-state index contributed by atoms with van der Waals surface area (Å²) in [5.41, 5.74) is 2.39. The molecule has 0 aromatic heterocycles. The van der Waals surface area contributed by atoms with Gasteiger partial charge in [-0.3, -0.25) is 9.59 Å². The summed E-state index contributed by atoms with van der Waals surface area (Å²) in [5.74, 6) is 0.272. The maximum absolute atomic E-state index is 13.0. The number of unbranched alkanes of at least 4 members (excludes halogenated alkanes) is 1. The van der Waals surface area contributed by atoms with Crippen molar-refractivity contribution >= 4 is 23.2 Å². The molecule has 1 heterocycles. The van der Waals surface area contributed by atoms with Crippen molar-refractivity contribution in [2.24, 2.45) is 0 Å². The monoisotopic (exact) mass is 423 g/mol. The summed E-state index contributed by atoms with van der Waals surface area (Å²) >= 11 is 0. The van der Waals surface area contributed by atoms with Crippen molar-refractivity contribution in [1.82, 2.24) is 5.32 Å². The van der Waals surface area contributed by atoms with Crippen LogP contribution in [0, 0.1) is 0 Å². The fraction of sp³-hybridized carbons (Fsp3) is 0.440. The van der Waals surface area contributed by atoms with E-state index in [-0.39, 0.29) is 11.8 Å². The molecule has 1 aliphatic rings. The van der Waals surface area contributed by atoms with E-state index < -0.39 is 6.04 Å². The first-order valence-corrected chi connectivity index (χ1v) is 11.3. The summed E-state index contributed by atoms with van der Waals surface area (Å²) in [6.45, 7) is 6.66. The molecule has 2 N–H and O–H groups in total. The van der Waals surface area contributed by atoms with E-state index in [1.807, 2.05) is 25.1 Å². The Morgan fingerprint density at radius 3 is 2.48 bits per heavy atom. The number of nitrogens with one attached hydrogen (secondary N) is 2. The molecule has 1 unspecified atom stereocenters. The highest BCUT2D eigenvalue weighted by Gasteiger charge is 2.22. The molecule has 0 radical (unpaired) electrons. The lowest BCUT2D eigenvalue weighted by molar-refractivity contribution is -0.118. The van der Waals surface area contributed by atoms with Gasteiger partial charge in [0.2, 0.25) is 5.91 Å². The minimum atomic E-state index is -0.588. The van der Waals surface area contributed by atoms with Crippen molar-refractivity contribution in [2.75, 3.05) is 29.9 Å². The van der Waals surface area contributed by atoms with Gasteiger partial charge in [-0.25, -0.2) is 0 Å². The van der Waals surface area contributed by atoms with Crippen LogP contribution in [-0.2, 0) is 4.79 Å². The van der Waals surface area contributed by atoms with Gasteiger partial charge < -0.3 is 20.3 Å². The van der Waals surface area contributed by atoms with Crippen molar-refractivity contribution in [2.45, 2.75) is 52.0 Å². The highest BCUT2D eigenvalue weighted by atomic mass is 16.5. The molecule has 1 aliphatic heterocycles. The number of anilines is 2. The zero-order chi connectivity index (χ0) is 22.1. The van der Waals surface area contributed by atoms with Crippen LogP contribution >= 0.6 is 0 Å². The first-order valence-electron chi connectivity index (χ1n) is 11.3. The van der Waals surface area contributed by atoms with Crippen LogP contribution < -0.4 is 20.3 Å². The predicted molar refractivity (Wildman–Crippen MR) is 125 cm³/mol. The molecule has 3 rings (SSSR count). The Hall–Kier alpha value is -3.02. The number of benzene rings is 2. The largest absolute Gasteiger partial charge is 0.494 e. The number of nitrogens with zero attached hydrogens (tertiary/aromatic N) is 1. The third-order valence-electron chi connectivity index (χ3n) is 5.48. The predicted octanol–water partition coefficient (Wildman–Crippen LogP) is 4.61. The van der Waals surface area contributed by atoms with E-state index in [2.05, 4.69) is 28.5 Å². The van der Waals surface area contributed by atoms with Crippen LogP contribution in [0.5, 0.6) is 5.75 Å². The first-order chi connectivity index (χ1) is 15.1. The summed E-state index contributed by atoms with van der Waals surface area (Å²) in [6.07, 6.45) is 4.81. The van der Waals surface area contributed by atoms with Crippen molar-refractivity contribution < 1.29 is 14.3 Å². The lowest BCUT2D eigenvalue weighted by atomic mass is 10.1. The van der Waals surface area contributed by atoms with E-state index in [9.17, 15) is 9.59 Å².